The number of rotatable bonds is 3. The van der Waals surface area contributed by atoms with Crippen LogP contribution >= 0.6 is 0 Å². The first-order valence-corrected chi connectivity index (χ1v) is 5.02. The lowest BCUT2D eigenvalue weighted by Gasteiger charge is -2.05. The van der Waals surface area contributed by atoms with Gasteiger partial charge in [0.05, 0.1) is 4.92 Å². The zero-order chi connectivity index (χ0) is 12.8. The van der Waals surface area contributed by atoms with E-state index in [9.17, 15) is 14.9 Å². The maximum Gasteiger partial charge on any atom is 0.309 e. The van der Waals surface area contributed by atoms with Crippen LogP contribution in [0.4, 0.5) is 5.69 Å². The monoisotopic (exact) mass is 236 g/mol. The smallest absolute Gasteiger partial charge is 0.309 e. The van der Waals surface area contributed by atoms with Gasteiger partial charge in [0.1, 0.15) is 0 Å². The third-order valence-corrected chi connectivity index (χ3v) is 1.87. The Hall–Kier alpha value is -2.24. The number of nitro benzene ring substituents is 1. The average molecular weight is 236 g/mol. The summed E-state index contributed by atoms with van der Waals surface area (Å²) in [5.41, 5.74) is 0.514. The van der Waals surface area contributed by atoms with Crippen LogP contribution in [0.1, 0.15) is 19.4 Å². The van der Waals surface area contributed by atoms with Gasteiger partial charge in [-0.1, -0.05) is 0 Å². The van der Waals surface area contributed by atoms with Crippen molar-refractivity contribution in [2.24, 2.45) is 4.99 Å². The summed E-state index contributed by atoms with van der Waals surface area (Å²) in [6.07, 6.45) is 0. The summed E-state index contributed by atoms with van der Waals surface area (Å²) in [6.45, 7) is 3.53. The molecule has 0 atom stereocenters. The number of nitro groups is 1. The van der Waals surface area contributed by atoms with Gasteiger partial charge in [-0.15, -0.1) is 0 Å². The Labute approximate surface area is 98.1 Å². The highest BCUT2D eigenvalue weighted by Gasteiger charge is 2.10. The van der Waals surface area contributed by atoms with Crippen LogP contribution < -0.4 is 0 Å². The van der Waals surface area contributed by atoms with E-state index in [0.717, 1.165) is 0 Å². The largest absolute Gasteiger partial charge is 0.407 e. The van der Waals surface area contributed by atoms with E-state index in [1.165, 1.54) is 31.2 Å². The normalized spacial score (nSPS) is 11.1. The van der Waals surface area contributed by atoms with Gasteiger partial charge in [-0.2, -0.15) is 0 Å². The summed E-state index contributed by atoms with van der Waals surface area (Å²) >= 11 is 0. The third-order valence-electron chi connectivity index (χ3n) is 1.87. The SMILES string of the molecule is CCN=C(OC(C)=O)c1ccc([N+](=O)[O-])cc1. The summed E-state index contributed by atoms with van der Waals surface area (Å²) in [6, 6.07) is 5.67. The molecule has 90 valence electrons. The molecule has 17 heavy (non-hydrogen) atoms. The fourth-order valence-electron chi connectivity index (χ4n) is 1.19. The fourth-order valence-corrected chi connectivity index (χ4v) is 1.19. The molecule has 0 N–H and O–H groups in total. The molecule has 0 aromatic heterocycles. The van der Waals surface area contributed by atoms with Gasteiger partial charge in [0.15, 0.2) is 0 Å². The zero-order valence-corrected chi connectivity index (χ0v) is 9.54. The van der Waals surface area contributed by atoms with Crippen LogP contribution in [0.25, 0.3) is 0 Å². The molecule has 0 bridgehead atoms. The van der Waals surface area contributed by atoms with E-state index in [-0.39, 0.29) is 11.6 Å². The third kappa shape index (κ3) is 3.67. The van der Waals surface area contributed by atoms with Crippen LogP contribution in [0.2, 0.25) is 0 Å². The van der Waals surface area contributed by atoms with E-state index in [1.54, 1.807) is 6.92 Å². The molecule has 6 heteroatoms. The highest BCUT2D eigenvalue weighted by Crippen LogP contribution is 2.13. The number of carbonyl (C=O) groups is 1. The Morgan fingerprint density at radius 1 is 1.41 bits per heavy atom. The van der Waals surface area contributed by atoms with E-state index < -0.39 is 10.9 Å². The highest BCUT2D eigenvalue weighted by atomic mass is 16.6. The second-order valence-corrected chi connectivity index (χ2v) is 3.18. The molecule has 0 unspecified atom stereocenters. The molecule has 0 saturated carbocycles. The van der Waals surface area contributed by atoms with Crippen LogP contribution in [-0.4, -0.2) is 23.3 Å². The predicted molar refractivity (Wildman–Crippen MR) is 61.9 cm³/mol. The standard InChI is InChI=1S/C11H12N2O4/c1-3-12-11(17-8(2)14)9-4-6-10(7-5-9)13(15)16/h4-7H,3H2,1-2H3. The Kier molecular flexibility index (Phi) is 4.33. The predicted octanol–water partition coefficient (Wildman–Crippen LogP) is 1.92. The van der Waals surface area contributed by atoms with E-state index in [0.29, 0.717) is 12.1 Å². The van der Waals surface area contributed by atoms with Crippen LogP contribution in [-0.2, 0) is 9.53 Å². The van der Waals surface area contributed by atoms with Gasteiger partial charge < -0.3 is 4.74 Å². The molecule has 1 aromatic carbocycles. The molecule has 0 radical (unpaired) electrons. The van der Waals surface area contributed by atoms with E-state index in [4.69, 9.17) is 4.74 Å². The summed E-state index contributed by atoms with van der Waals surface area (Å²) in [5, 5.41) is 10.5. The van der Waals surface area contributed by atoms with Crippen LogP contribution in [0, 0.1) is 10.1 Å². The summed E-state index contributed by atoms with van der Waals surface area (Å²) in [5.74, 6) is -0.301. The lowest BCUT2D eigenvalue weighted by Crippen LogP contribution is -2.11. The van der Waals surface area contributed by atoms with Crippen molar-refractivity contribution in [3.63, 3.8) is 0 Å². The molecule has 0 aliphatic rings. The van der Waals surface area contributed by atoms with Crippen molar-refractivity contribution in [1.82, 2.24) is 0 Å². The Morgan fingerprint density at radius 2 is 2.00 bits per heavy atom. The van der Waals surface area contributed by atoms with Crippen LogP contribution in [0.15, 0.2) is 29.3 Å². The number of esters is 1. The maximum atomic E-state index is 10.9. The van der Waals surface area contributed by atoms with Gasteiger partial charge in [-0.05, 0) is 19.1 Å². The number of hydrogen-bond acceptors (Lipinski definition) is 5. The minimum Gasteiger partial charge on any atom is -0.407 e. The van der Waals surface area contributed by atoms with Crippen molar-refractivity contribution < 1.29 is 14.5 Å². The molecule has 0 heterocycles. The lowest BCUT2D eigenvalue weighted by molar-refractivity contribution is -0.384. The van der Waals surface area contributed by atoms with Gasteiger partial charge in [-0.3, -0.25) is 19.9 Å². The first-order valence-electron chi connectivity index (χ1n) is 5.02. The quantitative estimate of drug-likeness (QED) is 0.264. The number of aliphatic imine (C=N–C) groups is 1. The molecule has 1 rings (SSSR count). The Morgan fingerprint density at radius 3 is 2.41 bits per heavy atom. The number of benzene rings is 1. The van der Waals surface area contributed by atoms with Crippen molar-refractivity contribution in [2.75, 3.05) is 6.54 Å². The van der Waals surface area contributed by atoms with Crippen molar-refractivity contribution in [2.45, 2.75) is 13.8 Å². The molecule has 1 aromatic rings. The molecule has 0 saturated heterocycles. The number of carbonyl (C=O) groups excluding carboxylic acids is 1. The second kappa shape index (κ2) is 5.74. The number of hydrogen-bond donors (Lipinski definition) is 0. The van der Waals surface area contributed by atoms with Gasteiger partial charge in [0.2, 0.25) is 5.90 Å². The zero-order valence-electron chi connectivity index (χ0n) is 9.54. The highest BCUT2D eigenvalue weighted by molar-refractivity contribution is 6.00. The molecule has 0 fully saturated rings. The summed E-state index contributed by atoms with van der Waals surface area (Å²) in [4.78, 5) is 24.9. The fraction of sp³-hybridized carbons (Fsp3) is 0.273. The van der Waals surface area contributed by atoms with Crippen molar-refractivity contribution in [3.05, 3.63) is 39.9 Å². The Balaban J connectivity index is 2.99. The van der Waals surface area contributed by atoms with Crippen LogP contribution in [0.5, 0.6) is 0 Å². The lowest BCUT2D eigenvalue weighted by atomic mass is 10.2. The first kappa shape index (κ1) is 12.8. The molecule has 6 nitrogen and oxygen atoms in total. The number of ether oxygens (including phenoxy) is 1. The number of non-ortho nitro benzene ring substituents is 1. The second-order valence-electron chi connectivity index (χ2n) is 3.18. The Bertz CT molecular complexity index is 451. The molecule has 0 aliphatic heterocycles. The molecule has 0 spiro atoms. The molecule has 0 aliphatic carbocycles. The van der Waals surface area contributed by atoms with Crippen molar-refractivity contribution >= 4 is 17.6 Å². The summed E-state index contributed by atoms with van der Waals surface area (Å²) < 4.78 is 4.92. The van der Waals surface area contributed by atoms with Gasteiger partial charge in [0.25, 0.3) is 5.69 Å². The van der Waals surface area contributed by atoms with E-state index in [2.05, 4.69) is 4.99 Å². The van der Waals surface area contributed by atoms with E-state index >= 15 is 0 Å². The van der Waals surface area contributed by atoms with Gasteiger partial charge in [-0.25, -0.2) is 0 Å². The molecular formula is C11H12N2O4. The van der Waals surface area contributed by atoms with Crippen molar-refractivity contribution in [3.8, 4) is 0 Å². The first-order chi connectivity index (χ1) is 8.04. The minimum atomic E-state index is -0.494. The van der Waals surface area contributed by atoms with E-state index in [1.807, 2.05) is 0 Å². The van der Waals surface area contributed by atoms with Gasteiger partial charge >= 0.3 is 5.97 Å². The number of nitrogens with zero attached hydrogens (tertiary/aromatic N) is 2. The topological polar surface area (TPSA) is 81.8 Å². The molecule has 0 amide bonds. The summed E-state index contributed by atoms with van der Waals surface area (Å²) in [7, 11) is 0. The van der Waals surface area contributed by atoms with Crippen molar-refractivity contribution in [1.29, 1.82) is 0 Å². The average Bonchev–Trinajstić information content (AvgIpc) is 2.28. The van der Waals surface area contributed by atoms with Crippen LogP contribution in [0.3, 0.4) is 0 Å². The minimum absolute atomic E-state index is 0.0209. The molecular weight excluding hydrogens is 224 g/mol. The van der Waals surface area contributed by atoms with Gasteiger partial charge in [0, 0.05) is 31.2 Å². The maximum absolute atomic E-state index is 10.9.